The number of Topliss-reactive ketones (excluding diaryl/α,β-unsaturated/α-hetero) is 1. The van der Waals surface area contributed by atoms with Gasteiger partial charge in [-0.05, 0) is 24.3 Å². The van der Waals surface area contributed by atoms with E-state index in [1.165, 1.54) is 0 Å². The maximum Gasteiger partial charge on any atom is 0.216 e. The molecule has 0 saturated heterocycles. The topological polar surface area (TPSA) is 47.8 Å². The van der Waals surface area contributed by atoms with Gasteiger partial charge in [-0.25, -0.2) is 0 Å². The fraction of sp³-hybridized carbons (Fsp3) is 0.500. The van der Waals surface area contributed by atoms with Crippen LogP contribution in [0.15, 0.2) is 12.3 Å². The first-order valence-electron chi connectivity index (χ1n) is 6.56. The first kappa shape index (κ1) is 12.5. The molecule has 3 rings (SSSR count). The summed E-state index contributed by atoms with van der Waals surface area (Å²) in [5, 5.41) is 10.3. The summed E-state index contributed by atoms with van der Waals surface area (Å²) < 4.78 is 2.03. The normalized spacial score (nSPS) is 17.5. The van der Waals surface area contributed by atoms with Crippen LogP contribution in [0, 0.1) is 5.41 Å². The van der Waals surface area contributed by atoms with Crippen molar-refractivity contribution in [2.24, 2.45) is 5.41 Å². The average Bonchev–Trinajstić information content (AvgIpc) is 2.92. The molecule has 4 nitrogen and oxygen atoms in total. The van der Waals surface area contributed by atoms with Gasteiger partial charge in [-0.3, -0.25) is 9.36 Å². The van der Waals surface area contributed by atoms with Gasteiger partial charge in [0.05, 0.1) is 0 Å². The summed E-state index contributed by atoms with van der Waals surface area (Å²) in [5.41, 5.74) is 1.96. The summed E-state index contributed by atoms with van der Waals surface area (Å²) in [6.45, 7) is 6.35. The lowest BCUT2D eigenvalue weighted by Gasteiger charge is -2.29. The lowest BCUT2D eigenvalue weighted by Crippen LogP contribution is -2.27. The van der Waals surface area contributed by atoms with Gasteiger partial charge in [-0.15, -0.1) is 10.2 Å². The molecule has 0 atom stereocenters. The number of hydrogen-bond acceptors (Lipinski definition) is 4. The van der Waals surface area contributed by atoms with E-state index < -0.39 is 0 Å². The summed E-state index contributed by atoms with van der Waals surface area (Å²) in [5.74, 6) is 0.241. The predicted molar refractivity (Wildman–Crippen MR) is 75.0 cm³/mol. The molecule has 0 bridgehead atoms. The monoisotopic (exact) mass is 275 g/mol. The number of carbonyl (C=O) groups excluding carboxylic acids is 1. The van der Waals surface area contributed by atoms with Crippen LogP contribution >= 0.6 is 11.3 Å². The maximum absolute atomic E-state index is 12.2. The van der Waals surface area contributed by atoms with Crippen molar-refractivity contribution in [3.63, 3.8) is 0 Å². The van der Waals surface area contributed by atoms with Crippen molar-refractivity contribution in [3.8, 4) is 5.13 Å². The van der Waals surface area contributed by atoms with Gasteiger partial charge in [0.15, 0.2) is 5.78 Å². The van der Waals surface area contributed by atoms with Crippen molar-refractivity contribution in [2.75, 3.05) is 0 Å². The molecule has 0 saturated carbocycles. The number of nitrogens with zero attached hydrogens (tertiary/aromatic N) is 3. The number of carbonyl (C=O) groups is 1. The van der Waals surface area contributed by atoms with Crippen LogP contribution in [-0.4, -0.2) is 20.5 Å². The zero-order valence-electron chi connectivity index (χ0n) is 11.4. The second-order valence-electron chi connectivity index (χ2n) is 5.82. The van der Waals surface area contributed by atoms with Crippen molar-refractivity contribution in [1.29, 1.82) is 0 Å². The Bertz CT molecular complexity index is 639. The summed E-state index contributed by atoms with van der Waals surface area (Å²) in [7, 11) is 0. The molecule has 0 fully saturated rings. The number of aryl methyl sites for hydroxylation is 1. The van der Waals surface area contributed by atoms with E-state index in [9.17, 15) is 4.79 Å². The molecule has 2 aromatic heterocycles. The van der Waals surface area contributed by atoms with Crippen LogP contribution in [0.2, 0.25) is 0 Å². The first-order valence-corrected chi connectivity index (χ1v) is 7.38. The van der Waals surface area contributed by atoms with Gasteiger partial charge in [0.25, 0.3) is 0 Å². The van der Waals surface area contributed by atoms with Crippen molar-refractivity contribution in [1.82, 2.24) is 14.8 Å². The fourth-order valence-corrected chi connectivity index (χ4v) is 3.40. The van der Waals surface area contributed by atoms with Crippen molar-refractivity contribution >= 4 is 17.1 Å². The van der Waals surface area contributed by atoms with Crippen LogP contribution in [0.4, 0.5) is 0 Å². The van der Waals surface area contributed by atoms with Crippen LogP contribution in [0.1, 0.15) is 48.3 Å². The molecule has 2 aromatic rings. The third-order valence-corrected chi connectivity index (χ3v) is 4.61. The number of hydrogen-bond donors (Lipinski definition) is 0. The van der Waals surface area contributed by atoms with Crippen LogP contribution in [-0.2, 0) is 12.8 Å². The van der Waals surface area contributed by atoms with E-state index in [2.05, 4.69) is 31.0 Å². The quantitative estimate of drug-likeness (QED) is 0.846. The lowest BCUT2D eigenvalue weighted by molar-refractivity contribution is 0.0911. The third-order valence-electron chi connectivity index (χ3n) is 3.54. The Balaban J connectivity index is 2.08. The molecule has 1 aliphatic carbocycles. The Morgan fingerprint density at radius 2 is 2.16 bits per heavy atom. The average molecular weight is 275 g/mol. The Morgan fingerprint density at radius 1 is 1.37 bits per heavy atom. The molecular weight excluding hydrogens is 258 g/mol. The molecule has 0 N–H and O–H groups in total. The molecule has 0 unspecified atom stereocenters. The highest BCUT2D eigenvalue weighted by atomic mass is 32.1. The third kappa shape index (κ3) is 2.12. The molecule has 0 aliphatic heterocycles. The van der Waals surface area contributed by atoms with E-state index in [0.29, 0.717) is 6.42 Å². The molecule has 0 amide bonds. The van der Waals surface area contributed by atoms with Crippen LogP contribution in [0.3, 0.4) is 0 Å². The molecule has 5 heteroatoms. The van der Waals surface area contributed by atoms with E-state index in [1.54, 1.807) is 11.3 Å². The highest BCUT2D eigenvalue weighted by molar-refractivity contribution is 7.13. The molecule has 0 spiro atoms. The Hall–Kier alpha value is -1.49. The second kappa shape index (κ2) is 4.27. The van der Waals surface area contributed by atoms with Gasteiger partial charge < -0.3 is 0 Å². The Kier molecular flexibility index (Phi) is 2.82. The second-order valence-corrected chi connectivity index (χ2v) is 6.86. The van der Waals surface area contributed by atoms with Gasteiger partial charge >= 0.3 is 0 Å². The summed E-state index contributed by atoms with van der Waals surface area (Å²) >= 11 is 1.59. The molecule has 19 heavy (non-hydrogen) atoms. The zero-order valence-corrected chi connectivity index (χ0v) is 12.3. The Labute approximate surface area is 116 Å². The summed E-state index contributed by atoms with van der Waals surface area (Å²) in [6, 6.07) is 1.92. The van der Waals surface area contributed by atoms with Crippen molar-refractivity contribution in [2.45, 2.75) is 40.0 Å². The van der Waals surface area contributed by atoms with Crippen molar-refractivity contribution < 1.29 is 4.79 Å². The minimum Gasteiger partial charge on any atom is -0.295 e. The molecule has 0 aromatic carbocycles. The molecule has 2 heterocycles. The minimum absolute atomic E-state index is 0.0263. The predicted octanol–water partition coefficient (Wildman–Crippen LogP) is 3.05. The van der Waals surface area contributed by atoms with E-state index >= 15 is 0 Å². The fourth-order valence-electron chi connectivity index (χ4n) is 2.61. The van der Waals surface area contributed by atoms with E-state index in [0.717, 1.165) is 34.2 Å². The van der Waals surface area contributed by atoms with E-state index in [4.69, 9.17) is 0 Å². The van der Waals surface area contributed by atoms with Crippen molar-refractivity contribution in [3.05, 3.63) is 28.5 Å². The Morgan fingerprint density at radius 3 is 2.84 bits per heavy atom. The van der Waals surface area contributed by atoms with Gasteiger partial charge in [0.2, 0.25) is 5.13 Å². The molecule has 1 aliphatic rings. The van der Waals surface area contributed by atoms with Gasteiger partial charge in [-0.1, -0.05) is 32.1 Å². The van der Waals surface area contributed by atoms with Crippen LogP contribution in [0.5, 0.6) is 0 Å². The summed E-state index contributed by atoms with van der Waals surface area (Å²) in [6.07, 6.45) is 4.37. The minimum atomic E-state index is 0.0263. The maximum atomic E-state index is 12.2. The smallest absolute Gasteiger partial charge is 0.216 e. The summed E-state index contributed by atoms with van der Waals surface area (Å²) in [4.78, 5) is 12.2. The van der Waals surface area contributed by atoms with Gasteiger partial charge in [-0.2, -0.15) is 0 Å². The number of aromatic nitrogens is 3. The van der Waals surface area contributed by atoms with E-state index in [1.807, 2.05) is 16.8 Å². The number of rotatable bonds is 2. The van der Waals surface area contributed by atoms with Gasteiger partial charge in [0, 0.05) is 23.9 Å². The van der Waals surface area contributed by atoms with E-state index in [-0.39, 0.29) is 11.2 Å². The largest absolute Gasteiger partial charge is 0.295 e. The standard InChI is InChI=1S/C14H17N3OS/c1-4-12-15-16-13(19-12)17-6-5-9-10(17)7-14(2,3)8-11(9)18/h5-6H,4,7-8H2,1-3H3. The van der Waals surface area contributed by atoms with Crippen LogP contribution < -0.4 is 0 Å². The highest BCUT2D eigenvalue weighted by Gasteiger charge is 2.33. The number of fused-ring (bicyclic) bond motifs is 1. The highest BCUT2D eigenvalue weighted by Crippen LogP contribution is 2.36. The SMILES string of the molecule is CCc1nnc(-n2ccc3c2CC(C)(C)CC3=O)s1. The lowest BCUT2D eigenvalue weighted by atomic mass is 9.76. The zero-order chi connectivity index (χ0) is 13.6. The first-order chi connectivity index (χ1) is 9.00. The van der Waals surface area contributed by atoms with Crippen LogP contribution in [0.25, 0.3) is 5.13 Å². The number of ketones is 1. The van der Waals surface area contributed by atoms with Gasteiger partial charge in [0.1, 0.15) is 5.01 Å². The molecule has 0 radical (unpaired) electrons. The molecule has 100 valence electrons. The molecular formula is C14H17N3OS.